The van der Waals surface area contributed by atoms with E-state index in [1.165, 1.54) is 13.2 Å². The highest BCUT2D eigenvalue weighted by atomic mass is 35.5. The first-order chi connectivity index (χ1) is 14.0. The van der Waals surface area contributed by atoms with Gasteiger partial charge in [0.2, 0.25) is 5.78 Å². The number of carbonyl (C=O) groups is 2. The standard InChI is InChI=1S/C23H16ClNO4/c1-14(22(26)15-6-4-7-16(24)12-15)29-23(27)18-13-20(21-10-5-11-28-21)25-19-9-3-2-8-17(18)19/h2-14H,1H3. The van der Waals surface area contributed by atoms with Gasteiger partial charge in [0.1, 0.15) is 5.69 Å². The number of halogens is 1. The third-order valence-electron chi connectivity index (χ3n) is 4.47. The molecule has 0 aliphatic rings. The number of hydrogen-bond donors (Lipinski definition) is 0. The SMILES string of the molecule is CC(OC(=O)c1cc(-c2ccco2)nc2ccccc12)C(=O)c1cccc(Cl)c1. The number of hydrogen-bond acceptors (Lipinski definition) is 5. The molecule has 2 aromatic heterocycles. The third kappa shape index (κ3) is 3.91. The lowest BCUT2D eigenvalue weighted by Gasteiger charge is -2.14. The number of fused-ring (bicyclic) bond motifs is 1. The van der Waals surface area contributed by atoms with Gasteiger partial charge in [-0.25, -0.2) is 9.78 Å². The molecule has 0 aliphatic carbocycles. The number of ether oxygens (including phenoxy) is 1. The molecule has 1 atom stereocenters. The number of furan rings is 1. The molecule has 5 nitrogen and oxygen atoms in total. The summed E-state index contributed by atoms with van der Waals surface area (Å²) in [6.07, 6.45) is 0.565. The third-order valence-corrected chi connectivity index (χ3v) is 4.71. The first kappa shape index (κ1) is 18.9. The Morgan fingerprint density at radius 1 is 1.03 bits per heavy atom. The minimum Gasteiger partial charge on any atom is -0.463 e. The van der Waals surface area contributed by atoms with E-state index < -0.39 is 12.1 Å². The number of ketones is 1. The van der Waals surface area contributed by atoms with Crippen LogP contribution in [-0.4, -0.2) is 22.8 Å². The van der Waals surface area contributed by atoms with Gasteiger partial charge < -0.3 is 9.15 Å². The van der Waals surface area contributed by atoms with Crippen molar-refractivity contribution in [1.29, 1.82) is 0 Å². The molecule has 0 radical (unpaired) electrons. The Hall–Kier alpha value is -3.44. The molecule has 0 spiro atoms. The van der Waals surface area contributed by atoms with Crippen molar-refractivity contribution in [1.82, 2.24) is 4.98 Å². The van der Waals surface area contributed by atoms with Crippen LogP contribution < -0.4 is 0 Å². The molecule has 2 aromatic carbocycles. The van der Waals surface area contributed by atoms with Crippen LogP contribution in [0.4, 0.5) is 0 Å². The van der Waals surface area contributed by atoms with Crippen LogP contribution in [0.15, 0.2) is 77.4 Å². The second kappa shape index (κ2) is 7.89. The van der Waals surface area contributed by atoms with Gasteiger partial charge in [0.05, 0.1) is 17.3 Å². The predicted molar refractivity (Wildman–Crippen MR) is 110 cm³/mol. The van der Waals surface area contributed by atoms with Gasteiger partial charge >= 0.3 is 5.97 Å². The zero-order chi connectivity index (χ0) is 20.4. The number of aromatic nitrogens is 1. The Morgan fingerprint density at radius 2 is 1.86 bits per heavy atom. The molecule has 0 saturated carbocycles. The van der Waals surface area contributed by atoms with Crippen molar-refractivity contribution < 1.29 is 18.7 Å². The Balaban J connectivity index is 1.67. The van der Waals surface area contributed by atoms with E-state index in [0.717, 1.165) is 0 Å². The maximum Gasteiger partial charge on any atom is 0.339 e. The van der Waals surface area contributed by atoms with Crippen LogP contribution in [0.1, 0.15) is 27.6 Å². The molecular weight excluding hydrogens is 390 g/mol. The minimum atomic E-state index is -0.972. The summed E-state index contributed by atoms with van der Waals surface area (Å²) < 4.78 is 10.9. The zero-order valence-corrected chi connectivity index (χ0v) is 16.2. The van der Waals surface area contributed by atoms with E-state index in [4.69, 9.17) is 20.8 Å². The van der Waals surface area contributed by atoms with Crippen LogP contribution >= 0.6 is 11.6 Å². The van der Waals surface area contributed by atoms with Gasteiger partial charge in [0.25, 0.3) is 0 Å². The number of pyridine rings is 1. The number of Topliss-reactive ketones (excluding diaryl/α,β-unsaturated/α-hetero) is 1. The van der Waals surface area contributed by atoms with Gasteiger partial charge in [-0.15, -0.1) is 0 Å². The smallest absolute Gasteiger partial charge is 0.339 e. The van der Waals surface area contributed by atoms with E-state index in [0.29, 0.717) is 38.5 Å². The molecular formula is C23H16ClNO4. The Morgan fingerprint density at radius 3 is 2.62 bits per heavy atom. The summed E-state index contributed by atoms with van der Waals surface area (Å²) in [6, 6.07) is 18.9. The molecule has 1 unspecified atom stereocenters. The van der Waals surface area contributed by atoms with Gasteiger partial charge in [-0.1, -0.05) is 41.9 Å². The van der Waals surface area contributed by atoms with E-state index in [9.17, 15) is 9.59 Å². The van der Waals surface area contributed by atoms with Gasteiger partial charge in [-0.05, 0) is 43.3 Å². The van der Waals surface area contributed by atoms with Crippen LogP contribution in [-0.2, 0) is 4.74 Å². The summed E-state index contributed by atoms with van der Waals surface area (Å²) in [6.45, 7) is 1.54. The highest BCUT2D eigenvalue weighted by Crippen LogP contribution is 2.26. The summed E-state index contributed by atoms with van der Waals surface area (Å²) in [4.78, 5) is 30.1. The van der Waals surface area contributed by atoms with Crippen molar-refractivity contribution >= 4 is 34.3 Å². The molecule has 144 valence electrons. The van der Waals surface area contributed by atoms with Crippen molar-refractivity contribution in [2.45, 2.75) is 13.0 Å². The number of nitrogens with zero attached hydrogens (tertiary/aromatic N) is 1. The average molecular weight is 406 g/mol. The largest absolute Gasteiger partial charge is 0.463 e. The average Bonchev–Trinajstić information content (AvgIpc) is 3.27. The molecule has 0 amide bonds. The summed E-state index contributed by atoms with van der Waals surface area (Å²) in [5.41, 5.74) is 1.83. The van der Waals surface area contributed by atoms with Crippen LogP contribution in [0, 0.1) is 0 Å². The molecule has 0 bridgehead atoms. The number of carbonyl (C=O) groups excluding carboxylic acids is 2. The number of para-hydroxylation sites is 1. The Kier molecular flexibility index (Phi) is 5.14. The first-order valence-electron chi connectivity index (χ1n) is 8.97. The summed E-state index contributed by atoms with van der Waals surface area (Å²) in [5, 5.41) is 1.08. The van der Waals surface area contributed by atoms with E-state index in [1.807, 2.05) is 12.1 Å². The van der Waals surface area contributed by atoms with Crippen molar-refractivity contribution in [2.75, 3.05) is 0 Å². The molecule has 0 N–H and O–H groups in total. The van der Waals surface area contributed by atoms with Gasteiger partial charge in [0.15, 0.2) is 11.9 Å². The molecule has 0 saturated heterocycles. The Labute approximate surface area is 171 Å². The van der Waals surface area contributed by atoms with Crippen molar-refractivity contribution in [2.24, 2.45) is 0 Å². The van der Waals surface area contributed by atoms with Crippen molar-refractivity contribution in [3.05, 3.63) is 89.1 Å². The quantitative estimate of drug-likeness (QED) is 0.320. The number of benzene rings is 2. The van der Waals surface area contributed by atoms with Gasteiger partial charge in [-0.2, -0.15) is 0 Å². The zero-order valence-electron chi connectivity index (χ0n) is 15.5. The fourth-order valence-corrected chi connectivity index (χ4v) is 3.24. The lowest BCUT2D eigenvalue weighted by molar-refractivity contribution is 0.0320. The van der Waals surface area contributed by atoms with E-state index in [-0.39, 0.29) is 5.78 Å². The summed E-state index contributed by atoms with van der Waals surface area (Å²) in [7, 11) is 0. The lowest BCUT2D eigenvalue weighted by Crippen LogP contribution is -2.24. The van der Waals surface area contributed by atoms with E-state index >= 15 is 0 Å². The van der Waals surface area contributed by atoms with Crippen LogP contribution in [0.25, 0.3) is 22.4 Å². The lowest BCUT2D eigenvalue weighted by atomic mass is 10.1. The van der Waals surface area contributed by atoms with Crippen LogP contribution in [0.5, 0.6) is 0 Å². The predicted octanol–water partition coefficient (Wildman–Crippen LogP) is 5.58. The molecule has 4 rings (SSSR count). The first-order valence-corrected chi connectivity index (χ1v) is 9.35. The molecule has 6 heteroatoms. The maximum atomic E-state index is 12.9. The maximum absolute atomic E-state index is 12.9. The minimum absolute atomic E-state index is 0.313. The number of rotatable bonds is 5. The second-order valence-electron chi connectivity index (χ2n) is 6.47. The highest BCUT2D eigenvalue weighted by Gasteiger charge is 2.23. The van der Waals surface area contributed by atoms with E-state index in [1.54, 1.807) is 54.6 Å². The van der Waals surface area contributed by atoms with Crippen LogP contribution in [0.2, 0.25) is 5.02 Å². The topological polar surface area (TPSA) is 69.4 Å². The summed E-state index contributed by atoms with van der Waals surface area (Å²) >= 11 is 5.95. The number of esters is 1. The normalized spacial score (nSPS) is 11.9. The van der Waals surface area contributed by atoms with Gasteiger partial charge in [-0.3, -0.25) is 4.79 Å². The monoisotopic (exact) mass is 405 g/mol. The van der Waals surface area contributed by atoms with Gasteiger partial charge in [0, 0.05) is 16.0 Å². The summed E-state index contributed by atoms with van der Waals surface area (Å²) in [5.74, 6) is -0.405. The van der Waals surface area contributed by atoms with Crippen molar-refractivity contribution in [3.63, 3.8) is 0 Å². The fraction of sp³-hybridized carbons (Fsp3) is 0.0870. The van der Waals surface area contributed by atoms with Crippen molar-refractivity contribution in [3.8, 4) is 11.5 Å². The highest BCUT2D eigenvalue weighted by molar-refractivity contribution is 6.31. The fourth-order valence-electron chi connectivity index (χ4n) is 3.05. The van der Waals surface area contributed by atoms with Crippen LogP contribution in [0.3, 0.4) is 0 Å². The van der Waals surface area contributed by atoms with E-state index in [2.05, 4.69) is 4.98 Å². The molecule has 2 heterocycles. The molecule has 0 aliphatic heterocycles. The molecule has 4 aromatic rings. The molecule has 0 fully saturated rings. The Bertz CT molecular complexity index is 1200. The second-order valence-corrected chi connectivity index (χ2v) is 6.91. The molecule has 29 heavy (non-hydrogen) atoms.